The van der Waals surface area contributed by atoms with E-state index in [0.29, 0.717) is 0 Å². The normalized spacial score (nSPS) is 21.4. The molecule has 2 aliphatic rings. The van der Waals surface area contributed by atoms with Crippen LogP contribution in [0, 0.1) is 0 Å². The summed E-state index contributed by atoms with van der Waals surface area (Å²) in [4.78, 5) is 0. The van der Waals surface area contributed by atoms with Crippen molar-refractivity contribution >= 4 is 0 Å². The molecule has 45 heteroatoms. The first-order chi connectivity index (χ1) is 33.0. The van der Waals surface area contributed by atoms with E-state index in [2.05, 4.69) is 27.4 Å². The molecule has 0 radical (unpaired) electrons. The summed E-state index contributed by atoms with van der Waals surface area (Å²) >= 11 is 0. The largest absolute Gasteiger partial charge is 0.460 e. The van der Waals surface area contributed by atoms with Crippen molar-refractivity contribution in [1.29, 1.82) is 0 Å². The molecule has 0 bridgehead atoms. The molecular formula is C32H16F42O3. The van der Waals surface area contributed by atoms with Gasteiger partial charge in [-0.25, -0.2) is 0 Å². The van der Waals surface area contributed by atoms with Crippen LogP contribution in [0.2, 0.25) is 0 Å². The lowest BCUT2D eigenvalue weighted by atomic mass is 9.75. The minimum absolute atomic E-state index is 0.861. The van der Waals surface area contributed by atoms with Gasteiger partial charge in [-0.3, -0.25) is 0 Å². The van der Waals surface area contributed by atoms with E-state index < -0.39 is 181 Å². The average Bonchev–Trinajstić information content (AvgIpc) is 4.16. The molecule has 0 aliphatic carbocycles. The molecule has 0 aromatic rings. The molecule has 77 heavy (non-hydrogen) atoms. The van der Waals surface area contributed by atoms with E-state index in [4.69, 9.17) is 0 Å². The Bertz CT molecular complexity index is 2020. The van der Waals surface area contributed by atoms with Crippen molar-refractivity contribution in [2.45, 2.75) is 155 Å². The van der Waals surface area contributed by atoms with Gasteiger partial charge in [-0.1, -0.05) is 12.2 Å². The van der Waals surface area contributed by atoms with Gasteiger partial charge < -0.3 is 14.2 Å². The predicted molar refractivity (Wildman–Crippen MR) is 157 cm³/mol. The third-order valence-electron chi connectivity index (χ3n) is 11.1. The lowest BCUT2D eigenvalue weighted by Crippen LogP contribution is -2.80. The zero-order valence-electron chi connectivity index (χ0n) is 34.7. The van der Waals surface area contributed by atoms with Crippen LogP contribution < -0.4 is 0 Å². The molecular weight excluding hydrogens is 1230 g/mol. The molecule has 0 aromatic carbocycles. The van der Waals surface area contributed by atoms with E-state index in [1.165, 1.54) is 0 Å². The van der Waals surface area contributed by atoms with Crippen LogP contribution in [0.3, 0.4) is 0 Å². The van der Waals surface area contributed by atoms with E-state index in [0.717, 1.165) is 0 Å². The molecule has 2 aliphatic heterocycles. The van der Waals surface area contributed by atoms with Crippen molar-refractivity contribution in [2.24, 2.45) is 0 Å². The lowest BCUT2D eigenvalue weighted by molar-refractivity contribution is -0.485. The number of rotatable bonds is 26. The molecule has 4 atom stereocenters. The zero-order valence-corrected chi connectivity index (χ0v) is 34.7. The molecule has 456 valence electrons. The number of ether oxygens (including phenoxy) is 3. The number of epoxide rings is 2. The van der Waals surface area contributed by atoms with Crippen LogP contribution in [-0.2, 0) is 14.2 Å². The molecule has 2 fully saturated rings. The quantitative estimate of drug-likeness (QED) is 0.0492. The average molecular weight is 1250 g/mol. The van der Waals surface area contributed by atoms with Crippen LogP contribution >= 0.6 is 0 Å². The van der Waals surface area contributed by atoms with Gasteiger partial charge in [0, 0.05) is 12.8 Å². The van der Waals surface area contributed by atoms with Gasteiger partial charge in [0.05, 0.1) is 13.2 Å². The van der Waals surface area contributed by atoms with E-state index in [1.807, 2.05) is 0 Å². The molecule has 0 aromatic heterocycles. The van der Waals surface area contributed by atoms with E-state index in [1.54, 1.807) is 0 Å². The first kappa shape index (κ1) is 69.5. The van der Waals surface area contributed by atoms with Crippen molar-refractivity contribution in [3.8, 4) is 0 Å². The standard InChI is InChI=1S/C32H16F42O3/c1-3-5-11(9-7-75-9,13(33,34)15(37,38)17(41,42)19(45,46)21(49,50)23(53,54)25(57,58)27(61,62)29(65,66)31(69,70)71)77-12(6-4-2,10-8-76-10)14(35,36)16(39,40)18(43,44)20(47,48)22(51,52)24(55,56)26(59,60)28(63,64)30(67,68)32(72,73)74/h3-4,9-10H,1-2,5-8H2. The van der Waals surface area contributed by atoms with Crippen LogP contribution in [0.25, 0.3) is 0 Å². The fourth-order valence-corrected chi connectivity index (χ4v) is 6.30. The van der Waals surface area contributed by atoms with Crippen LogP contribution in [0.4, 0.5) is 184 Å². The van der Waals surface area contributed by atoms with Crippen LogP contribution in [0.5, 0.6) is 0 Å². The Morgan fingerprint density at radius 1 is 0.260 bits per heavy atom. The van der Waals surface area contributed by atoms with Crippen molar-refractivity contribution < 1.29 is 199 Å². The summed E-state index contributed by atoms with van der Waals surface area (Å²) in [6, 6.07) is 0. The van der Waals surface area contributed by atoms with Crippen LogP contribution in [0.15, 0.2) is 25.3 Å². The second-order valence-corrected chi connectivity index (χ2v) is 15.8. The van der Waals surface area contributed by atoms with E-state index in [-0.39, 0.29) is 0 Å². The van der Waals surface area contributed by atoms with E-state index >= 15 is 52.7 Å². The monoisotopic (exact) mass is 1250 g/mol. The third kappa shape index (κ3) is 8.27. The molecule has 0 N–H and O–H groups in total. The number of hydrogen-bond donors (Lipinski definition) is 0. The molecule has 2 saturated heterocycles. The fraction of sp³-hybridized carbons (Fsp3) is 0.875. The van der Waals surface area contributed by atoms with Gasteiger partial charge in [0.1, 0.15) is 12.2 Å². The lowest BCUT2D eigenvalue weighted by Gasteiger charge is -2.53. The molecule has 3 nitrogen and oxygen atoms in total. The summed E-state index contributed by atoms with van der Waals surface area (Å²) in [5.41, 5.74) is -12.9. The Morgan fingerprint density at radius 3 is 0.506 bits per heavy atom. The van der Waals surface area contributed by atoms with Gasteiger partial charge in [0.25, 0.3) is 0 Å². The number of hydrogen-bond acceptors (Lipinski definition) is 3. The van der Waals surface area contributed by atoms with Gasteiger partial charge in [-0.05, 0) is 0 Å². The Kier molecular flexibility index (Phi) is 16.2. The SMILES string of the molecule is C=CCC(OC(CC=C)(C1CO1)C(F)(F)C(F)(F)C(F)(F)C(F)(F)C(F)(F)C(F)(F)C(F)(F)C(F)(F)C(F)(F)C(F)(F)F)(C1CO1)C(F)(F)C(F)(F)C(F)(F)C(F)(F)C(F)(F)C(F)(F)C(F)(F)C(F)(F)C(F)(F)C(F)(F)F. The number of alkyl halides is 42. The Balaban J connectivity index is 3.13. The summed E-state index contributed by atoms with van der Waals surface area (Å²) in [7, 11) is 0. The topological polar surface area (TPSA) is 34.3 Å². The summed E-state index contributed by atoms with van der Waals surface area (Å²) in [5, 5.41) is 0. The molecule has 0 amide bonds. The van der Waals surface area contributed by atoms with Crippen molar-refractivity contribution in [2.75, 3.05) is 13.2 Å². The highest BCUT2D eigenvalue weighted by molar-refractivity contribution is 5.27. The highest BCUT2D eigenvalue weighted by Gasteiger charge is 3.02. The maximum absolute atomic E-state index is 16.3. The van der Waals surface area contributed by atoms with Gasteiger partial charge in [-0.2, -0.15) is 184 Å². The highest BCUT2D eigenvalue weighted by atomic mass is 19.5. The van der Waals surface area contributed by atoms with Crippen LogP contribution in [-0.4, -0.2) is 156 Å². The molecule has 0 saturated carbocycles. The molecule has 4 unspecified atom stereocenters. The maximum Gasteiger partial charge on any atom is 0.460 e. The Hall–Kier alpha value is -3.58. The molecule has 2 rings (SSSR count). The summed E-state index contributed by atoms with van der Waals surface area (Å²) in [5.74, 6) is -172. The minimum atomic E-state index is -9.98. The van der Waals surface area contributed by atoms with Gasteiger partial charge in [0.15, 0.2) is 11.2 Å². The third-order valence-corrected chi connectivity index (χ3v) is 11.1. The smallest absolute Gasteiger partial charge is 0.370 e. The van der Waals surface area contributed by atoms with Crippen molar-refractivity contribution in [3.05, 3.63) is 25.3 Å². The molecule has 0 spiro atoms. The van der Waals surface area contributed by atoms with Gasteiger partial charge in [-0.15, -0.1) is 13.2 Å². The first-order valence-corrected chi connectivity index (χ1v) is 18.1. The second kappa shape index (κ2) is 18.0. The molecule has 2 heterocycles. The van der Waals surface area contributed by atoms with E-state index in [9.17, 15) is 132 Å². The Morgan fingerprint density at radius 2 is 0.390 bits per heavy atom. The second-order valence-electron chi connectivity index (χ2n) is 15.8. The maximum atomic E-state index is 16.3. The predicted octanol–water partition coefficient (Wildman–Crippen LogP) is 15.0. The van der Waals surface area contributed by atoms with Gasteiger partial charge in [0.2, 0.25) is 0 Å². The minimum Gasteiger partial charge on any atom is -0.370 e. The zero-order chi connectivity index (χ0) is 62.5. The number of halogens is 42. The fourth-order valence-electron chi connectivity index (χ4n) is 6.30. The summed E-state index contributed by atoms with van der Waals surface area (Å²) < 4.78 is 611. The Labute approximate surface area is 393 Å². The summed E-state index contributed by atoms with van der Waals surface area (Å²) in [6.45, 7) is -0.274. The highest BCUT2D eigenvalue weighted by Crippen LogP contribution is 2.71. The van der Waals surface area contributed by atoms with Crippen LogP contribution in [0.1, 0.15) is 12.8 Å². The van der Waals surface area contributed by atoms with Crippen molar-refractivity contribution in [3.63, 3.8) is 0 Å². The summed E-state index contributed by atoms with van der Waals surface area (Å²) in [6.07, 6.45) is -33.4. The van der Waals surface area contributed by atoms with Gasteiger partial charge >= 0.3 is 119 Å². The first-order valence-electron chi connectivity index (χ1n) is 18.1. The van der Waals surface area contributed by atoms with Crippen molar-refractivity contribution in [1.82, 2.24) is 0 Å².